The van der Waals surface area contributed by atoms with Crippen LogP contribution in [0.2, 0.25) is 0 Å². The van der Waals surface area contributed by atoms with Crippen molar-refractivity contribution in [2.45, 2.75) is 19.4 Å². The third-order valence-corrected chi connectivity index (χ3v) is 3.48. The lowest BCUT2D eigenvalue weighted by Gasteiger charge is -2.06. The van der Waals surface area contributed by atoms with E-state index in [2.05, 4.69) is 16.9 Å². The van der Waals surface area contributed by atoms with E-state index >= 15 is 0 Å². The van der Waals surface area contributed by atoms with Crippen LogP contribution in [0.25, 0.3) is 0 Å². The topological polar surface area (TPSA) is 46.0 Å². The molecule has 2 rings (SSSR count). The van der Waals surface area contributed by atoms with Gasteiger partial charge in [0.1, 0.15) is 12.4 Å². The number of thiophene rings is 1. The van der Waals surface area contributed by atoms with Crippen molar-refractivity contribution in [2.24, 2.45) is 0 Å². The number of nitrogens with zero attached hydrogens (tertiary/aromatic N) is 2. The SMILES string of the molecule is CCc1ccc(C(O)c2cncnc2)s1. The lowest BCUT2D eigenvalue weighted by Crippen LogP contribution is -1.97. The van der Waals surface area contributed by atoms with Crippen LogP contribution in [0.3, 0.4) is 0 Å². The molecule has 0 radical (unpaired) electrons. The van der Waals surface area contributed by atoms with Crippen molar-refractivity contribution in [2.75, 3.05) is 0 Å². The summed E-state index contributed by atoms with van der Waals surface area (Å²) in [5.41, 5.74) is 0.738. The Labute approximate surface area is 92.5 Å². The Morgan fingerprint density at radius 1 is 1.33 bits per heavy atom. The third-order valence-electron chi connectivity index (χ3n) is 2.20. The van der Waals surface area contributed by atoms with E-state index < -0.39 is 6.10 Å². The summed E-state index contributed by atoms with van der Waals surface area (Å²) in [6.07, 6.45) is 5.15. The number of hydrogen-bond acceptors (Lipinski definition) is 4. The van der Waals surface area contributed by atoms with Gasteiger partial charge in [0, 0.05) is 27.7 Å². The molecule has 0 fully saturated rings. The van der Waals surface area contributed by atoms with Gasteiger partial charge in [-0.2, -0.15) is 0 Å². The Kier molecular flexibility index (Phi) is 3.08. The summed E-state index contributed by atoms with van der Waals surface area (Å²) in [6.45, 7) is 2.10. The molecule has 1 atom stereocenters. The monoisotopic (exact) mass is 220 g/mol. The van der Waals surface area contributed by atoms with Gasteiger partial charge in [0.2, 0.25) is 0 Å². The molecule has 0 saturated heterocycles. The molecule has 0 aliphatic rings. The molecule has 1 unspecified atom stereocenters. The van der Waals surface area contributed by atoms with Crippen molar-refractivity contribution in [1.29, 1.82) is 0 Å². The Balaban J connectivity index is 2.24. The molecule has 0 saturated carbocycles. The van der Waals surface area contributed by atoms with E-state index in [9.17, 15) is 5.11 Å². The van der Waals surface area contributed by atoms with Gasteiger partial charge in [-0.1, -0.05) is 6.92 Å². The van der Waals surface area contributed by atoms with E-state index in [1.54, 1.807) is 23.7 Å². The highest BCUT2D eigenvalue weighted by Crippen LogP contribution is 2.27. The van der Waals surface area contributed by atoms with Crippen LogP contribution in [0.4, 0.5) is 0 Å². The van der Waals surface area contributed by atoms with Crippen molar-refractivity contribution >= 4 is 11.3 Å². The van der Waals surface area contributed by atoms with Crippen LogP contribution < -0.4 is 0 Å². The van der Waals surface area contributed by atoms with Crippen molar-refractivity contribution < 1.29 is 5.11 Å². The first-order valence-electron chi connectivity index (χ1n) is 4.83. The minimum absolute atomic E-state index is 0.600. The number of aryl methyl sites for hydroxylation is 1. The molecule has 0 bridgehead atoms. The first-order chi connectivity index (χ1) is 7.31. The van der Waals surface area contributed by atoms with Crippen LogP contribution in [-0.2, 0) is 6.42 Å². The summed E-state index contributed by atoms with van der Waals surface area (Å²) < 4.78 is 0. The van der Waals surface area contributed by atoms with Crippen LogP contribution in [-0.4, -0.2) is 15.1 Å². The molecule has 2 aromatic heterocycles. The minimum atomic E-state index is -0.600. The number of aliphatic hydroxyl groups excluding tert-OH is 1. The second-order valence-corrected chi connectivity index (χ2v) is 4.43. The smallest absolute Gasteiger partial charge is 0.116 e. The number of aromatic nitrogens is 2. The van der Waals surface area contributed by atoms with Gasteiger partial charge in [-0.25, -0.2) is 9.97 Å². The van der Waals surface area contributed by atoms with Crippen molar-refractivity contribution in [3.05, 3.63) is 46.2 Å². The van der Waals surface area contributed by atoms with Crippen LogP contribution in [0.15, 0.2) is 30.9 Å². The molecule has 4 heteroatoms. The lowest BCUT2D eigenvalue weighted by atomic mass is 10.1. The molecule has 1 N–H and O–H groups in total. The van der Waals surface area contributed by atoms with Crippen molar-refractivity contribution in [3.8, 4) is 0 Å². The zero-order valence-corrected chi connectivity index (χ0v) is 9.24. The molecule has 78 valence electrons. The van der Waals surface area contributed by atoms with E-state index in [1.807, 2.05) is 12.1 Å². The van der Waals surface area contributed by atoms with Gasteiger partial charge >= 0.3 is 0 Å². The van der Waals surface area contributed by atoms with Crippen LogP contribution in [0.1, 0.15) is 28.3 Å². The van der Waals surface area contributed by atoms with Gasteiger partial charge < -0.3 is 5.11 Å². The predicted molar refractivity (Wildman–Crippen MR) is 59.8 cm³/mol. The normalized spacial score (nSPS) is 12.7. The maximum absolute atomic E-state index is 10.0. The number of rotatable bonds is 3. The molecule has 0 aromatic carbocycles. The first kappa shape index (κ1) is 10.3. The second-order valence-electron chi connectivity index (χ2n) is 3.23. The summed E-state index contributed by atoms with van der Waals surface area (Å²) in [5, 5.41) is 10.0. The van der Waals surface area contributed by atoms with Crippen molar-refractivity contribution in [1.82, 2.24) is 9.97 Å². The highest BCUT2D eigenvalue weighted by atomic mass is 32.1. The summed E-state index contributed by atoms with van der Waals surface area (Å²) >= 11 is 1.63. The van der Waals surface area contributed by atoms with E-state index in [0.717, 1.165) is 16.9 Å². The molecule has 2 aromatic rings. The summed E-state index contributed by atoms with van der Waals surface area (Å²) in [4.78, 5) is 10.0. The van der Waals surface area contributed by atoms with Crippen molar-refractivity contribution in [3.63, 3.8) is 0 Å². The molecular weight excluding hydrogens is 208 g/mol. The van der Waals surface area contributed by atoms with E-state index in [1.165, 1.54) is 11.2 Å². The maximum atomic E-state index is 10.0. The maximum Gasteiger partial charge on any atom is 0.116 e. The zero-order chi connectivity index (χ0) is 10.7. The van der Waals surface area contributed by atoms with Gasteiger partial charge in [0.15, 0.2) is 0 Å². The fraction of sp³-hybridized carbons (Fsp3) is 0.273. The van der Waals surface area contributed by atoms with Gasteiger partial charge in [-0.15, -0.1) is 11.3 Å². The first-order valence-corrected chi connectivity index (χ1v) is 5.64. The summed E-state index contributed by atoms with van der Waals surface area (Å²) in [6, 6.07) is 4.01. The highest BCUT2D eigenvalue weighted by molar-refractivity contribution is 7.12. The average Bonchev–Trinajstić information content (AvgIpc) is 2.78. The van der Waals surface area contributed by atoms with Gasteiger partial charge in [-0.3, -0.25) is 0 Å². The zero-order valence-electron chi connectivity index (χ0n) is 8.42. The molecule has 15 heavy (non-hydrogen) atoms. The highest BCUT2D eigenvalue weighted by Gasteiger charge is 2.12. The van der Waals surface area contributed by atoms with Crippen LogP contribution in [0.5, 0.6) is 0 Å². The molecule has 0 amide bonds. The standard InChI is InChI=1S/C11H12N2OS/c1-2-9-3-4-10(15-9)11(14)8-5-12-7-13-6-8/h3-7,11,14H,2H2,1H3. The van der Waals surface area contributed by atoms with Gasteiger partial charge in [0.05, 0.1) is 0 Å². The molecule has 0 aliphatic carbocycles. The molecule has 0 spiro atoms. The van der Waals surface area contributed by atoms with E-state index in [-0.39, 0.29) is 0 Å². The fourth-order valence-electron chi connectivity index (χ4n) is 1.35. The van der Waals surface area contributed by atoms with E-state index in [0.29, 0.717) is 0 Å². The Hall–Kier alpha value is -1.26. The van der Waals surface area contributed by atoms with E-state index in [4.69, 9.17) is 0 Å². The Morgan fingerprint density at radius 2 is 2.07 bits per heavy atom. The predicted octanol–water partition coefficient (Wildman–Crippen LogP) is 2.18. The third kappa shape index (κ3) is 2.22. The largest absolute Gasteiger partial charge is 0.383 e. The Morgan fingerprint density at radius 3 is 2.67 bits per heavy atom. The molecule has 2 heterocycles. The lowest BCUT2D eigenvalue weighted by molar-refractivity contribution is 0.223. The summed E-state index contributed by atoms with van der Waals surface area (Å²) in [5.74, 6) is 0. The minimum Gasteiger partial charge on any atom is -0.383 e. The molecule has 3 nitrogen and oxygen atoms in total. The number of hydrogen-bond donors (Lipinski definition) is 1. The summed E-state index contributed by atoms with van der Waals surface area (Å²) in [7, 11) is 0. The van der Waals surface area contributed by atoms with Gasteiger partial charge in [-0.05, 0) is 18.6 Å². The fourth-order valence-corrected chi connectivity index (χ4v) is 2.31. The van der Waals surface area contributed by atoms with Crippen LogP contribution >= 0.6 is 11.3 Å². The average molecular weight is 220 g/mol. The second kappa shape index (κ2) is 4.51. The molecular formula is C11H12N2OS. The Bertz CT molecular complexity index is 427. The number of aliphatic hydroxyl groups is 1. The van der Waals surface area contributed by atoms with Gasteiger partial charge in [0.25, 0.3) is 0 Å². The molecule has 0 aliphatic heterocycles. The quantitative estimate of drug-likeness (QED) is 0.862. The van der Waals surface area contributed by atoms with Crippen LogP contribution in [0, 0.1) is 0 Å².